The van der Waals surface area contributed by atoms with Crippen molar-refractivity contribution < 1.29 is 13.9 Å². The standard InChI is InChI=1S/C12H14FN3O2.ClH/c1-12(6-18-5-10(14)16-12)8-4-7(11(15)17)2-3-9(8)13;/h2-4H,5-6H2,1H3,(H2,14,16)(H2,15,17);1H. The second-order valence-electron chi connectivity index (χ2n) is 4.43. The molecule has 104 valence electrons. The Bertz CT molecular complexity index is 536. The van der Waals surface area contributed by atoms with Crippen LogP contribution in [0.4, 0.5) is 4.39 Å². The van der Waals surface area contributed by atoms with Crippen LogP contribution in [0.1, 0.15) is 22.8 Å². The monoisotopic (exact) mass is 287 g/mol. The van der Waals surface area contributed by atoms with Crippen LogP contribution in [0.15, 0.2) is 23.2 Å². The molecule has 0 bridgehead atoms. The van der Waals surface area contributed by atoms with E-state index < -0.39 is 17.3 Å². The average Bonchev–Trinajstić information content (AvgIpc) is 2.28. The van der Waals surface area contributed by atoms with Crippen LogP contribution in [0.25, 0.3) is 0 Å². The fraction of sp³-hybridized carbons (Fsp3) is 0.333. The number of hydrogen-bond acceptors (Lipinski definition) is 4. The average molecular weight is 288 g/mol. The Kier molecular flexibility index (Phi) is 4.49. The first kappa shape index (κ1) is 15.4. The van der Waals surface area contributed by atoms with Gasteiger partial charge in [-0.2, -0.15) is 0 Å². The summed E-state index contributed by atoms with van der Waals surface area (Å²) in [6, 6.07) is 3.92. The largest absolute Gasteiger partial charge is 0.386 e. The second kappa shape index (κ2) is 5.54. The normalized spacial score (nSPS) is 22.3. The highest BCUT2D eigenvalue weighted by Crippen LogP contribution is 2.30. The molecule has 7 heteroatoms. The number of ether oxygens (including phenoxy) is 1. The highest BCUT2D eigenvalue weighted by atomic mass is 35.5. The van der Waals surface area contributed by atoms with Gasteiger partial charge in [0.25, 0.3) is 0 Å². The highest BCUT2D eigenvalue weighted by molar-refractivity contribution is 5.93. The van der Waals surface area contributed by atoms with Gasteiger partial charge in [-0.15, -0.1) is 12.4 Å². The Morgan fingerprint density at radius 3 is 2.79 bits per heavy atom. The Hall–Kier alpha value is -1.66. The number of hydrogen-bond donors (Lipinski definition) is 2. The van der Waals surface area contributed by atoms with Crippen molar-refractivity contribution in [1.29, 1.82) is 0 Å². The lowest BCUT2D eigenvalue weighted by Crippen LogP contribution is -2.38. The third-order valence-corrected chi connectivity index (χ3v) is 2.85. The molecular weight excluding hydrogens is 273 g/mol. The van der Waals surface area contributed by atoms with Gasteiger partial charge >= 0.3 is 0 Å². The van der Waals surface area contributed by atoms with Gasteiger partial charge in [-0.05, 0) is 25.1 Å². The van der Waals surface area contributed by atoms with Gasteiger partial charge in [-0.25, -0.2) is 4.39 Å². The van der Waals surface area contributed by atoms with E-state index in [4.69, 9.17) is 16.2 Å². The minimum absolute atomic E-state index is 0. The summed E-state index contributed by atoms with van der Waals surface area (Å²) in [5, 5.41) is 0. The van der Waals surface area contributed by atoms with Gasteiger partial charge in [0.05, 0.1) is 6.61 Å². The van der Waals surface area contributed by atoms with Crippen molar-refractivity contribution in [3.8, 4) is 0 Å². The van der Waals surface area contributed by atoms with Crippen molar-refractivity contribution in [3.05, 3.63) is 35.1 Å². The molecule has 1 aliphatic heterocycles. The maximum atomic E-state index is 13.9. The van der Waals surface area contributed by atoms with Crippen LogP contribution in [-0.4, -0.2) is 25.0 Å². The van der Waals surface area contributed by atoms with Crippen molar-refractivity contribution >= 4 is 24.1 Å². The first-order valence-electron chi connectivity index (χ1n) is 5.44. The van der Waals surface area contributed by atoms with E-state index in [0.717, 1.165) is 0 Å². The smallest absolute Gasteiger partial charge is 0.248 e. The van der Waals surface area contributed by atoms with Crippen molar-refractivity contribution in [2.24, 2.45) is 16.5 Å². The van der Waals surface area contributed by atoms with Gasteiger partial charge in [0.2, 0.25) is 5.91 Å². The van der Waals surface area contributed by atoms with Gasteiger partial charge < -0.3 is 16.2 Å². The molecular formula is C12H15ClFN3O2. The zero-order chi connectivity index (χ0) is 13.3. The van der Waals surface area contributed by atoms with E-state index in [-0.39, 0.29) is 36.7 Å². The van der Waals surface area contributed by atoms with Crippen molar-refractivity contribution in [3.63, 3.8) is 0 Å². The maximum Gasteiger partial charge on any atom is 0.248 e. The van der Waals surface area contributed by atoms with Crippen LogP contribution >= 0.6 is 12.4 Å². The van der Waals surface area contributed by atoms with E-state index >= 15 is 0 Å². The lowest BCUT2D eigenvalue weighted by molar-refractivity contribution is 0.0995. The number of carbonyl (C=O) groups excluding carboxylic acids is 1. The minimum atomic E-state index is -0.933. The Morgan fingerprint density at radius 2 is 2.21 bits per heavy atom. The van der Waals surface area contributed by atoms with E-state index in [2.05, 4.69) is 4.99 Å². The summed E-state index contributed by atoms with van der Waals surface area (Å²) in [4.78, 5) is 15.3. The number of primary amides is 1. The predicted molar refractivity (Wildman–Crippen MR) is 72.0 cm³/mol. The van der Waals surface area contributed by atoms with E-state index in [1.54, 1.807) is 6.92 Å². The number of carbonyl (C=O) groups is 1. The van der Waals surface area contributed by atoms with Crippen molar-refractivity contribution in [1.82, 2.24) is 0 Å². The van der Waals surface area contributed by atoms with Crippen LogP contribution in [0.2, 0.25) is 0 Å². The summed E-state index contributed by atoms with van der Waals surface area (Å²) in [5.41, 5.74) is 10.3. The lowest BCUT2D eigenvalue weighted by Gasteiger charge is -2.30. The number of benzene rings is 1. The first-order valence-corrected chi connectivity index (χ1v) is 5.44. The van der Waals surface area contributed by atoms with Crippen molar-refractivity contribution in [2.45, 2.75) is 12.5 Å². The molecule has 1 aliphatic rings. The molecule has 0 radical (unpaired) electrons. The van der Waals surface area contributed by atoms with Crippen LogP contribution in [-0.2, 0) is 10.3 Å². The molecule has 0 saturated heterocycles. The van der Waals surface area contributed by atoms with Gasteiger partial charge in [-0.3, -0.25) is 9.79 Å². The molecule has 0 aromatic heterocycles. The third-order valence-electron chi connectivity index (χ3n) is 2.85. The number of rotatable bonds is 2. The number of amides is 1. The SMILES string of the molecule is CC1(c2cc(C(N)=O)ccc2F)COCC(N)=N1.Cl. The zero-order valence-corrected chi connectivity index (χ0v) is 11.2. The second-order valence-corrected chi connectivity index (χ2v) is 4.43. The van der Waals surface area contributed by atoms with Crippen LogP contribution in [0, 0.1) is 5.82 Å². The molecule has 1 unspecified atom stereocenters. The van der Waals surface area contributed by atoms with Crippen molar-refractivity contribution in [2.75, 3.05) is 13.2 Å². The molecule has 1 heterocycles. The maximum absolute atomic E-state index is 13.9. The Labute approximate surface area is 116 Å². The van der Waals surface area contributed by atoms with Gasteiger partial charge in [0, 0.05) is 11.1 Å². The molecule has 0 aliphatic carbocycles. The van der Waals surface area contributed by atoms with Crippen LogP contribution < -0.4 is 11.5 Å². The molecule has 1 atom stereocenters. The minimum Gasteiger partial charge on any atom is -0.386 e. The molecule has 1 aromatic rings. The molecule has 2 rings (SSSR count). The molecule has 0 fully saturated rings. The summed E-state index contributed by atoms with van der Waals surface area (Å²) in [6.45, 7) is 2.13. The van der Waals surface area contributed by atoms with E-state index in [9.17, 15) is 9.18 Å². The Balaban J connectivity index is 0.00000180. The molecule has 0 saturated carbocycles. The number of aliphatic imine (C=N–C) groups is 1. The Morgan fingerprint density at radius 1 is 1.53 bits per heavy atom. The topological polar surface area (TPSA) is 90.7 Å². The third kappa shape index (κ3) is 3.02. The number of halogens is 2. The predicted octanol–water partition coefficient (Wildman–Crippen LogP) is 0.949. The summed E-state index contributed by atoms with van der Waals surface area (Å²) in [7, 11) is 0. The molecule has 4 N–H and O–H groups in total. The highest BCUT2D eigenvalue weighted by Gasteiger charge is 2.33. The van der Waals surface area contributed by atoms with E-state index in [1.807, 2.05) is 0 Å². The van der Waals surface area contributed by atoms with Crippen LogP contribution in [0.5, 0.6) is 0 Å². The fourth-order valence-corrected chi connectivity index (χ4v) is 1.97. The number of nitrogens with zero attached hydrogens (tertiary/aromatic N) is 1. The summed E-state index contributed by atoms with van der Waals surface area (Å²) < 4.78 is 19.1. The lowest BCUT2D eigenvalue weighted by atomic mass is 9.91. The summed E-state index contributed by atoms with van der Waals surface area (Å²) in [6.07, 6.45) is 0. The first-order chi connectivity index (χ1) is 8.42. The zero-order valence-electron chi connectivity index (χ0n) is 10.4. The molecule has 1 aromatic carbocycles. The van der Waals surface area contributed by atoms with Gasteiger partial charge in [-0.1, -0.05) is 0 Å². The molecule has 0 spiro atoms. The summed E-state index contributed by atoms with van der Waals surface area (Å²) >= 11 is 0. The summed E-state index contributed by atoms with van der Waals surface area (Å²) in [5.74, 6) is -0.786. The number of nitrogens with two attached hydrogens (primary N) is 2. The quantitative estimate of drug-likeness (QED) is 0.848. The van der Waals surface area contributed by atoms with Crippen LogP contribution in [0.3, 0.4) is 0 Å². The number of amidine groups is 1. The van der Waals surface area contributed by atoms with E-state index in [1.165, 1.54) is 18.2 Å². The van der Waals surface area contributed by atoms with Gasteiger partial charge in [0.1, 0.15) is 23.8 Å². The van der Waals surface area contributed by atoms with E-state index in [0.29, 0.717) is 5.84 Å². The molecule has 19 heavy (non-hydrogen) atoms. The fourth-order valence-electron chi connectivity index (χ4n) is 1.97. The molecule has 1 amide bonds. The molecule has 5 nitrogen and oxygen atoms in total. The van der Waals surface area contributed by atoms with Gasteiger partial charge in [0.15, 0.2) is 0 Å².